The van der Waals surface area contributed by atoms with Crippen molar-refractivity contribution < 1.29 is 8.42 Å². The summed E-state index contributed by atoms with van der Waals surface area (Å²) in [6.45, 7) is 0.245. The Hall–Kier alpha value is -1.31. The van der Waals surface area contributed by atoms with Gasteiger partial charge < -0.3 is 0 Å². The molecule has 5 nitrogen and oxygen atoms in total. The average molecular weight is 309 g/mol. The van der Waals surface area contributed by atoms with Gasteiger partial charge in [0.05, 0.1) is 12.2 Å². The molecule has 0 aliphatic heterocycles. The van der Waals surface area contributed by atoms with E-state index in [4.69, 9.17) is 0 Å². The molecule has 2 heterocycles. The van der Waals surface area contributed by atoms with Gasteiger partial charge in [0.2, 0.25) is 10.0 Å². The van der Waals surface area contributed by atoms with Gasteiger partial charge in [0.25, 0.3) is 0 Å². The van der Waals surface area contributed by atoms with Crippen molar-refractivity contribution in [2.24, 2.45) is 0 Å². The normalized spacial score (nSPS) is 15.0. The van der Waals surface area contributed by atoms with Gasteiger partial charge in [-0.3, -0.25) is 4.98 Å². The number of nitrogens with one attached hydrogen (secondary N) is 1. The van der Waals surface area contributed by atoms with Crippen LogP contribution in [0.15, 0.2) is 29.4 Å². The molecule has 1 aliphatic carbocycles. The molecular formula is C13H15N3O2S2. The predicted octanol–water partition coefficient (Wildman–Crippen LogP) is 1.90. The highest BCUT2D eigenvalue weighted by atomic mass is 32.2. The van der Waals surface area contributed by atoms with Crippen molar-refractivity contribution in [1.29, 1.82) is 0 Å². The summed E-state index contributed by atoms with van der Waals surface area (Å²) in [6.07, 6.45) is 7.36. The molecule has 0 bridgehead atoms. The molecule has 0 spiro atoms. The summed E-state index contributed by atoms with van der Waals surface area (Å²) in [4.78, 5) is 9.84. The molecule has 0 atom stereocenters. The fourth-order valence-corrected chi connectivity index (χ4v) is 4.37. The molecule has 0 saturated carbocycles. The number of rotatable bonds is 4. The average Bonchev–Trinajstić information content (AvgIpc) is 2.89. The zero-order chi connectivity index (χ0) is 14.0. The van der Waals surface area contributed by atoms with Crippen LogP contribution in [0.1, 0.15) is 28.4 Å². The number of nitrogens with zero attached hydrogens (tertiary/aromatic N) is 2. The maximum Gasteiger partial charge on any atom is 0.242 e. The zero-order valence-electron chi connectivity index (χ0n) is 10.9. The topological polar surface area (TPSA) is 72.0 Å². The van der Waals surface area contributed by atoms with Gasteiger partial charge >= 0.3 is 0 Å². The van der Waals surface area contributed by atoms with Crippen molar-refractivity contribution in [3.63, 3.8) is 0 Å². The standard InChI is InChI=1S/C13H15N3O2S2/c17-20(18,10-4-3-7-14-8-10)15-9-13-16-11-5-1-2-6-12(11)19-13/h3-4,7-8,15H,1-2,5-6,9H2. The van der Waals surface area contributed by atoms with Gasteiger partial charge in [-0.2, -0.15) is 0 Å². The molecule has 1 N–H and O–H groups in total. The molecule has 7 heteroatoms. The van der Waals surface area contributed by atoms with Crippen LogP contribution in [0.25, 0.3) is 0 Å². The van der Waals surface area contributed by atoms with Crippen molar-refractivity contribution >= 4 is 21.4 Å². The second kappa shape index (κ2) is 5.59. The third-order valence-corrected chi connectivity index (χ3v) is 5.79. The summed E-state index contributed by atoms with van der Waals surface area (Å²) in [5.74, 6) is 0. The lowest BCUT2D eigenvalue weighted by Gasteiger charge is -2.06. The van der Waals surface area contributed by atoms with Crippen LogP contribution in [-0.4, -0.2) is 18.4 Å². The first-order valence-electron chi connectivity index (χ1n) is 6.52. The van der Waals surface area contributed by atoms with E-state index in [0.717, 1.165) is 23.5 Å². The molecule has 3 rings (SSSR count). The molecular weight excluding hydrogens is 294 g/mol. The number of hydrogen-bond donors (Lipinski definition) is 1. The largest absolute Gasteiger partial charge is 0.263 e. The second-order valence-electron chi connectivity index (χ2n) is 4.70. The number of pyridine rings is 1. The lowest BCUT2D eigenvalue weighted by Crippen LogP contribution is -2.23. The number of fused-ring (bicyclic) bond motifs is 1. The number of sulfonamides is 1. The first-order chi connectivity index (χ1) is 9.65. The van der Waals surface area contributed by atoms with Crippen molar-refractivity contribution in [3.8, 4) is 0 Å². The molecule has 0 radical (unpaired) electrons. The zero-order valence-corrected chi connectivity index (χ0v) is 12.5. The summed E-state index contributed by atoms with van der Waals surface area (Å²) in [5.41, 5.74) is 1.15. The highest BCUT2D eigenvalue weighted by molar-refractivity contribution is 7.89. The molecule has 2 aromatic rings. The Bertz CT molecular complexity index is 672. The van der Waals surface area contributed by atoms with Crippen LogP contribution in [-0.2, 0) is 29.4 Å². The van der Waals surface area contributed by atoms with Gasteiger partial charge in [0.1, 0.15) is 9.90 Å². The number of hydrogen-bond acceptors (Lipinski definition) is 5. The second-order valence-corrected chi connectivity index (χ2v) is 7.63. The maximum absolute atomic E-state index is 12.1. The van der Waals surface area contributed by atoms with E-state index in [9.17, 15) is 8.42 Å². The van der Waals surface area contributed by atoms with E-state index in [1.54, 1.807) is 23.6 Å². The van der Waals surface area contributed by atoms with Crippen LogP contribution in [0.2, 0.25) is 0 Å². The molecule has 106 valence electrons. The quantitative estimate of drug-likeness (QED) is 0.936. The van der Waals surface area contributed by atoms with Crippen LogP contribution in [0.5, 0.6) is 0 Å². The van der Waals surface area contributed by atoms with Crippen LogP contribution in [0.3, 0.4) is 0 Å². The van der Waals surface area contributed by atoms with Crippen molar-refractivity contribution in [2.45, 2.75) is 37.1 Å². The van der Waals surface area contributed by atoms with Gasteiger partial charge in [0.15, 0.2) is 0 Å². The van der Waals surface area contributed by atoms with Crippen molar-refractivity contribution in [2.75, 3.05) is 0 Å². The van der Waals surface area contributed by atoms with E-state index in [1.165, 1.54) is 30.0 Å². The Labute approximate surface area is 122 Å². The summed E-state index contributed by atoms with van der Waals surface area (Å²) < 4.78 is 26.7. The van der Waals surface area contributed by atoms with E-state index < -0.39 is 10.0 Å². The third kappa shape index (κ3) is 2.89. The van der Waals surface area contributed by atoms with Crippen LogP contribution in [0.4, 0.5) is 0 Å². The fourth-order valence-electron chi connectivity index (χ4n) is 2.23. The first-order valence-corrected chi connectivity index (χ1v) is 8.82. The van der Waals surface area contributed by atoms with Crippen LogP contribution in [0, 0.1) is 0 Å². The molecule has 2 aromatic heterocycles. The Kier molecular flexibility index (Phi) is 3.82. The van der Waals surface area contributed by atoms with E-state index in [1.807, 2.05) is 0 Å². The first kappa shape index (κ1) is 13.7. The molecule has 0 aromatic carbocycles. The molecule has 0 fully saturated rings. The summed E-state index contributed by atoms with van der Waals surface area (Å²) in [7, 11) is -3.51. The van der Waals surface area contributed by atoms with E-state index in [2.05, 4.69) is 14.7 Å². The van der Waals surface area contributed by atoms with Crippen LogP contribution >= 0.6 is 11.3 Å². The van der Waals surface area contributed by atoms with E-state index >= 15 is 0 Å². The molecule has 1 aliphatic rings. The van der Waals surface area contributed by atoms with E-state index in [-0.39, 0.29) is 11.4 Å². The minimum Gasteiger partial charge on any atom is -0.263 e. The van der Waals surface area contributed by atoms with Gasteiger partial charge in [-0.05, 0) is 37.8 Å². The maximum atomic E-state index is 12.1. The Morgan fingerprint density at radius 3 is 2.90 bits per heavy atom. The van der Waals surface area contributed by atoms with Gasteiger partial charge in [-0.25, -0.2) is 18.1 Å². The fraction of sp³-hybridized carbons (Fsp3) is 0.385. The summed E-state index contributed by atoms with van der Waals surface area (Å²) >= 11 is 1.62. The third-order valence-electron chi connectivity index (χ3n) is 3.25. The predicted molar refractivity (Wildman–Crippen MR) is 77.0 cm³/mol. The number of thiazole rings is 1. The van der Waals surface area contributed by atoms with Gasteiger partial charge in [0, 0.05) is 17.3 Å². The summed E-state index contributed by atoms with van der Waals surface area (Å²) in [5, 5.41) is 0.837. The SMILES string of the molecule is O=S(=O)(NCc1nc2c(s1)CCCC2)c1cccnc1. The lowest BCUT2D eigenvalue weighted by atomic mass is 10.0. The lowest BCUT2D eigenvalue weighted by molar-refractivity contribution is 0.580. The molecule has 20 heavy (non-hydrogen) atoms. The number of aromatic nitrogens is 2. The Balaban J connectivity index is 1.72. The van der Waals surface area contributed by atoms with Crippen molar-refractivity contribution in [1.82, 2.24) is 14.7 Å². The highest BCUT2D eigenvalue weighted by Gasteiger charge is 2.18. The Morgan fingerprint density at radius 1 is 1.30 bits per heavy atom. The Morgan fingerprint density at radius 2 is 2.15 bits per heavy atom. The van der Waals surface area contributed by atoms with Gasteiger partial charge in [-0.15, -0.1) is 11.3 Å². The summed E-state index contributed by atoms with van der Waals surface area (Å²) in [6, 6.07) is 3.14. The molecule has 0 amide bonds. The van der Waals surface area contributed by atoms with Crippen molar-refractivity contribution in [3.05, 3.63) is 40.1 Å². The highest BCUT2D eigenvalue weighted by Crippen LogP contribution is 2.26. The van der Waals surface area contributed by atoms with Crippen LogP contribution < -0.4 is 4.72 Å². The minimum absolute atomic E-state index is 0.182. The van der Waals surface area contributed by atoms with Gasteiger partial charge in [-0.1, -0.05) is 0 Å². The van der Waals surface area contributed by atoms with E-state index in [0.29, 0.717) is 0 Å². The molecule has 0 unspecified atom stereocenters. The minimum atomic E-state index is -3.51. The smallest absolute Gasteiger partial charge is 0.242 e. The number of aryl methyl sites for hydroxylation is 2. The molecule has 0 saturated heterocycles. The monoisotopic (exact) mass is 309 g/mol.